The van der Waals surface area contributed by atoms with Crippen molar-refractivity contribution >= 4 is 0 Å². The Balaban J connectivity index is 1.82. The predicted molar refractivity (Wildman–Crippen MR) is 86.3 cm³/mol. The molecular formula is C18H29NO2. The van der Waals surface area contributed by atoms with Crippen LogP contribution in [0, 0.1) is 5.92 Å². The summed E-state index contributed by atoms with van der Waals surface area (Å²) in [6, 6.07) is 9.26. The highest BCUT2D eigenvalue weighted by molar-refractivity contribution is 5.25. The summed E-state index contributed by atoms with van der Waals surface area (Å²) < 4.78 is 11.4. The molecule has 3 heteroatoms. The molecule has 21 heavy (non-hydrogen) atoms. The number of hydrogen-bond acceptors (Lipinski definition) is 3. The van der Waals surface area contributed by atoms with Crippen molar-refractivity contribution in [3.05, 3.63) is 35.4 Å². The molecular weight excluding hydrogens is 262 g/mol. The third-order valence-corrected chi connectivity index (χ3v) is 3.84. The molecule has 2 unspecified atom stereocenters. The van der Waals surface area contributed by atoms with Gasteiger partial charge in [0.1, 0.15) is 0 Å². The fourth-order valence-electron chi connectivity index (χ4n) is 2.70. The van der Waals surface area contributed by atoms with Crippen molar-refractivity contribution in [1.29, 1.82) is 0 Å². The molecule has 3 nitrogen and oxygen atoms in total. The largest absolute Gasteiger partial charge is 0.348 e. The molecule has 1 saturated heterocycles. The lowest BCUT2D eigenvalue weighted by Gasteiger charge is -2.19. The second-order valence-electron chi connectivity index (χ2n) is 6.92. The van der Waals surface area contributed by atoms with Gasteiger partial charge in [-0.25, -0.2) is 0 Å². The standard InChI is InChI=1S/C18H29NO2/c1-13(2)10-15-6-8-16(9-7-15)14(3)19-11-17-12-20-18(4,5)21-17/h6-9,13-14,17,19H,10-12H2,1-5H3. The molecule has 0 aliphatic carbocycles. The molecule has 1 aliphatic rings. The van der Waals surface area contributed by atoms with Gasteiger partial charge in [-0.15, -0.1) is 0 Å². The van der Waals surface area contributed by atoms with Crippen LogP contribution in [0.1, 0.15) is 51.8 Å². The molecule has 0 amide bonds. The van der Waals surface area contributed by atoms with Crippen LogP contribution in [0.2, 0.25) is 0 Å². The molecule has 0 spiro atoms. The van der Waals surface area contributed by atoms with E-state index in [0.29, 0.717) is 18.6 Å². The van der Waals surface area contributed by atoms with Crippen LogP contribution in [0.4, 0.5) is 0 Å². The summed E-state index contributed by atoms with van der Waals surface area (Å²) in [6.07, 6.45) is 1.28. The van der Waals surface area contributed by atoms with E-state index >= 15 is 0 Å². The Hall–Kier alpha value is -0.900. The van der Waals surface area contributed by atoms with Gasteiger partial charge in [-0.05, 0) is 44.2 Å². The number of ether oxygens (including phenoxy) is 2. The van der Waals surface area contributed by atoms with Crippen molar-refractivity contribution in [3.63, 3.8) is 0 Å². The molecule has 1 fully saturated rings. The molecule has 1 N–H and O–H groups in total. The second-order valence-corrected chi connectivity index (χ2v) is 6.92. The van der Waals surface area contributed by atoms with Crippen LogP contribution in [0.25, 0.3) is 0 Å². The topological polar surface area (TPSA) is 30.5 Å². The summed E-state index contributed by atoms with van der Waals surface area (Å²) >= 11 is 0. The summed E-state index contributed by atoms with van der Waals surface area (Å²) in [4.78, 5) is 0. The van der Waals surface area contributed by atoms with Crippen LogP contribution in [0.3, 0.4) is 0 Å². The van der Waals surface area contributed by atoms with E-state index in [2.05, 4.69) is 50.4 Å². The van der Waals surface area contributed by atoms with Gasteiger partial charge in [0.25, 0.3) is 0 Å². The van der Waals surface area contributed by atoms with E-state index in [1.807, 2.05) is 13.8 Å². The monoisotopic (exact) mass is 291 g/mol. The number of nitrogens with one attached hydrogen (secondary N) is 1. The zero-order chi connectivity index (χ0) is 15.5. The van der Waals surface area contributed by atoms with Crippen molar-refractivity contribution in [2.45, 2.75) is 59.0 Å². The quantitative estimate of drug-likeness (QED) is 0.867. The number of benzene rings is 1. The minimum absolute atomic E-state index is 0.141. The highest BCUT2D eigenvalue weighted by Gasteiger charge is 2.32. The highest BCUT2D eigenvalue weighted by atomic mass is 16.7. The molecule has 2 rings (SSSR count). The van der Waals surface area contributed by atoms with Gasteiger partial charge in [0, 0.05) is 12.6 Å². The normalized spacial score (nSPS) is 22.7. The first-order chi connectivity index (χ1) is 9.85. The Morgan fingerprint density at radius 2 is 1.86 bits per heavy atom. The molecule has 1 heterocycles. The minimum atomic E-state index is -0.436. The summed E-state index contributed by atoms with van der Waals surface area (Å²) in [5.74, 6) is 0.267. The third-order valence-electron chi connectivity index (χ3n) is 3.84. The van der Waals surface area contributed by atoms with E-state index in [4.69, 9.17) is 9.47 Å². The van der Waals surface area contributed by atoms with Gasteiger partial charge >= 0.3 is 0 Å². The first-order valence-electron chi connectivity index (χ1n) is 8.00. The van der Waals surface area contributed by atoms with E-state index in [1.54, 1.807) is 0 Å². The maximum absolute atomic E-state index is 5.81. The molecule has 0 aromatic heterocycles. The average molecular weight is 291 g/mol. The fraction of sp³-hybridized carbons (Fsp3) is 0.667. The van der Waals surface area contributed by atoms with Crippen LogP contribution in [0.5, 0.6) is 0 Å². The zero-order valence-corrected chi connectivity index (χ0v) is 14.0. The van der Waals surface area contributed by atoms with E-state index in [9.17, 15) is 0 Å². The van der Waals surface area contributed by atoms with Gasteiger partial charge in [0.2, 0.25) is 0 Å². The van der Waals surface area contributed by atoms with Gasteiger partial charge in [0.15, 0.2) is 5.79 Å². The minimum Gasteiger partial charge on any atom is -0.348 e. The molecule has 2 atom stereocenters. The predicted octanol–water partition coefficient (Wildman–Crippen LogP) is 3.69. The van der Waals surface area contributed by atoms with Crippen LogP contribution < -0.4 is 5.32 Å². The summed E-state index contributed by atoms with van der Waals surface area (Å²) in [5.41, 5.74) is 2.73. The molecule has 0 bridgehead atoms. The van der Waals surface area contributed by atoms with Crippen LogP contribution in [-0.4, -0.2) is 25.0 Å². The number of rotatable bonds is 6. The average Bonchev–Trinajstić information content (AvgIpc) is 2.76. The second kappa shape index (κ2) is 6.91. The van der Waals surface area contributed by atoms with Crippen molar-refractivity contribution in [1.82, 2.24) is 5.32 Å². The Kier molecular flexibility index (Phi) is 5.42. The lowest BCUT2D eigenvalue weighted by Crippen LogP contribution is -2.32. The Labute approximate surface area is 129 Å². The summed E-state index contributed by atoms with van der Waals surface area (Å²) in [5, 5.41) is 3.53. The molecule has 1 aliphatic heterocycles. The van der Waals surface area contributed by atoms with Gasteiger partial charge in [-0.1, -0.05) is 38.1 Å². The molecule has 1 aromatic rings. The van der Waals surface area contributed by atoms with E-state index in [1.165, 1.54) is 11.1 Å². The number of hydrogen-bond donors (Lipinski definition) is 1. The van der Waals surface area contributed by atoms with Crippen LogP contribution in [-0.2, 0) is 15.9 Å². The van der Waals surface area contributed by atoms with Crippen molar-refractivity contribution in [3.8, 4) is 0 Å². The van der Waals surface area contributed by atoms with Gasteiger partial charge in [-0.3, -0.25) is 0 Å². The van der Waals surface area contributed by atoms with E-state index in [-0.39, 0.29) is 6.10 Å². The lowest BCUT2D eigenvalue weighted by molar-refractivity contribution is -0.137. The zero-order valence-electron chi connectivity index (χ0n) is 14.0. The lowest BCUT2D eigenvalue weighted by atomic mass is 10.00. The first kappa shape index (κ1) is 16.5. The van der Waals surface area contributed by atoms with E-state index in [0.717, 1.165) is 13.0 Å². The van der Waals surface area contributed by atoms with Gasteiger partial charge in [-0.2, -0.15) is 0 Å². The van der Waals surface area contributed by atoms with Crippen molar-refractivity contribution in [2.75, 3.05) is 13.2 Å². The first-order valence-corrected chi connectivity index (χ1v) is 8.00. The maximum Gasteiger partial charge on any atom is 0.163 e. The summed E-state index contributed by atoms with van der Waals surface area (Å²) in [6.45, 7) is 12.1. The van der Waals surface area contributed by atoms with Crippen LogP contribution in [0.15, 0.2) is 24.3 Å². The van der Waals surface area contributed by atoms with Crippen molar-refractivity contribution < 1.29 is 9.47 Å². The molecule has 0 saturated carbocycles. The third kappa shape index (κ3) is 5.10. The van der Waals surface area contributed by atoms with Gasteiger partial charge < -0.3 is 14.8 Å². The highest BCUT2D eigenvalue weighted by Crippen LogP contribution is 2.22. The maximum atomic E-state index is 5.81. The summed E-state index contributed by atoms with van der Waals surface area (Å²) in [7, 11) is 0. The fourth-order valence-corrected chi connectivity index (χ4v) is 2.70. The van der Waals surface area contributed by atoms with Crippen molar-refractivity contribution in [2.24, 2.45) is 5.92 Å². The SMILES string of the molecule is CC(C)Cc1ccc(C(C)NCC2COC(C)(C)O2)cc1. The molecule has 0 radical (unpaired) electrons. The van der Waals surface area contributed by atoms with Gasteiger partial charge in [0.05, 0.1) is 12.7 Å². The Morgan fingerprint density at radius 1 is 1.19 bits per heavy atom. The smallest absolute Gasteiger partial charge is 0.163 e. The Morgan fingerprint density at radius 3 is 2.38 bits per heavy atom. The van der Waals surface area contributed by atoms with Crippen LogP contribution >= 0.6 is 0 Å². The Bertz CT molecular complexity index is 439. The molecule has 1 aromatic carbocycles. The van der Waals surface area contributed by atoms with E-state index < -0.39 is 5.79 Å². The molecule has 118 valence electrons.